The zero-order valence-corrected chi connectivity index (χ0v) is 16.7. The molecule has 2 aromatic rings. The van der Waals surface area contributed by atoms with Gasteiger partial charge in [0, 0.05) is 11.1 Å². The lowest BCUT2D eigenvalue weighted by atomic mass is 10.1. The highest BCUT2D eigenvalue weighted by atomic mass is 79.9. The average molecular weight is 419 g/mol. The van der Waals surface area contributed by atoms with Gasteiger partial charge in [-0.2, -0.15) is 0 Å². The fourth-order valence-electron chi connectivity index (χ4n) is 3.03. The maximum absolute atomic E-state index is 5.80. The van der Waals surface area contributed by atoms with Crippen LogP contribution in [-0.2, 0) is 33.7 Å². The van der Waals surface area contributed by atoms with Gasteiger partial charge in [-0.1, -0.05) is 52.3 Å². The van der Waals surface area contributed by atoms with E-state index in [4.69, 9.17) is 14.2 Å². The van der Waals surface area contributed by atoms with Crippen LogP contribution in [0.1, 0.15) is 36.0 Å². The third-order valence-corrected chi connectivity index (χ3v) is 5.04. The van der Waals surface area contributed by atoms with Gasteiger partial charge in [-0.05, 0) is 60.9 Å². The Labute approximate surface area is 164 Å². The molecule has 0 amide bonds. The van der Waals surface area contributed by atoms with Crippen molar-refractivity contribution in [3.05, 3.63) is 69.7 Å². The summed E-state index contributed by atoms with van der Waals surface area (Å²) in [7, 11) is 0. The van der Waals surface area contributed by atoms with E-state index in [1.807, 2.05) is 12.1 Å². The Kier molecular flexibility index (Phi) is 8.15. The van der Waals surface area contributed by atoms with Crippen LogP contribution < -0.4 is 0 Å². The van der Waals surface area contributed by atoms with E-state index in [0.717, 1.165) is 50.0 Å². The van der Waals surface area contributed by atoms with Gasteiger partial charge in [0.05, 0.1) is 19.8 Å². The molecule has 0 N–H and O–H groups in total. The van der Waals surface area contributed by atoms with Gasteiger partial charge < -0.3 is 14.2 Å². The summed E-state index contributed by atoms with van der Waals surface area (Å²) < 4.78 is 18.3. The number of ether oxygens (including phenoxy) is 3. The topological polar surface area (TPSA) is 27.7 Å². The molecule has 1 saturated heterocycles. The Morgan fingerprint density at radius 1 is 0.923 bits per heavy atom. The molecule has 4 heteroatoms. The molecule has 0 radical (unpaired) electrons. The zero-order chi connectivity index (χ0) is 18.0. The lowest BCUT2D eigenvalue weighted by Gasteiger charge is -2.22. The number of rotatable bonds is 9. The van der Waals surface area contributed by atoms with Crippen molar-refractivity contribution in [2.45, 2.75) is 45.0 Å². The Hall–Kier alpha value is -1.20. The van der Waals surface area contributed by atoms with Crippen LogP contribution in [-0.4, -0.2) is 26.1 Å². The Bertz CT molecular complexity index is 651. The zero-order valence-electron chi connectivity index (χ0n) is 15.2. The van der Waals surface area contributed by atoms with Crippen molar-refractivity contribution in [3.8, 4) is 0 Å². The van der Waals surface area contributed by atoms with Crippen molar-refractivity contribution in [2.24, 2.45) is 0 Å². The maximum atomic E-state index is 5.80. The van der Waals surface area contributed by atoms with Crippen molar-refractivity contribution >= 4 is 15.9 Å². The van der Waals surface area contributed by atoms with Crippen LogP contribution in [0.5, 0.6) is 0 Å². The highest BCUT2D eigenvalue weighted by molar-refractivity contribution is 9.10. The number of hydrogen-bond acceptors (Lipinski definition) is 3. The summed E-state index contributed by atoms with van der Waals surface area (Å²) in [5, 5.41) is 0. The van der Waals surface area contributed by atoms with E-state index in [1.165, 1.54) is 23.1 Å². The quantitative estimate of drug-likeness (QED) is 0.517. The monoisotopic (exact) mass is 418 g/mol. The molecule has 1 aliphatic heterocycles. The van der Waals surface area contributed by atoms with E-state index < -0.39 is 0 Å². The summed E-state index contributed by atoms with van der Waals surface area (Å²) >= 11 is 3.48. The van der Waals surface area contributed by atoms with Crippen LogP contribution in [0.4, 0.5) is 0 Å². The molecule has 1 unspecified atom stereocenters. The molecule has 0 spiro atoms. The predicted molar refractivity (Wildman–Crippen MR) is 107 cm³/mol. The van der Waals surface area contributed by atoms with E-state index in [1.54, 1.807) is 0 Å². The van der Waals surface area contributed by atoms with Crippen molar-refractivity contribution in [3.63, 3.8) is 0 Å². The fourth-order valence-corrected chi connectivity index (χ4v) is 3.48. The average Bonchev–Trinajstić information content (AvgIpc) is 2.67. The Morgan fingerprint density at radius 3 is 2.38 bits per heavy atom. The summed E-state index contributed by atoms with van der Waals surface area (Å²) in [4.78, 5) is 0. The molecule has 0 bridgehead atoms. The van der Waals surface area contributed by atoms with E-state index in [-0.39, 0.29) is 6.29 Å². The first-order valence-electron chi connectivity index (χ1n) is 9.43. The molecule has 140 valence electrons. The molecule has 0 saturated carbocycles. The molecule has 0 aliphatic carbocycles. The molecule has 1 heterocycles. The van der Waals surface area contributed by atoms with Gasteiger partial charge in [0.15, 0.2) is 6.29 Å². The lowest BCUT2D eigenvalue weighted by Crippen LogP contribution is -2.23. The van der Waals surface area contributed by atoms with Gasteiger partial charge in [0.2, 0.25) is 0 Å². The van der Waals surface area contributed by atoms with E-state index in [9.17, 15) is 0 Å². The largest absolute Gasteiger partial charge is 0.376 e. The third-order valence-electron chi connectivity index (χ3n) is 4.55. The summed E-state index contributed by atoms with van der Waals surface area (Å²) in [5.41, 5.74) is 3.80. The molecule has 2 aromatic carbocycles. The highest BCUT2D eigenvalue weighted by Gasteiger charge is 2.13. The molecule has 0 aromatic heterocycles. The second-order valence-corrected chi connectivity index (χ2v) is 7.58. The van der Waals surface area contributed by atoms with Gasteiger partial charge in [0.1, 0.15) is 0 Å². The fraction of sp³-hybridized carbons (Fsp3) is 0.455. The van der Waals surface area contributed by atoms with Crippen LogP contribution in [0.15, 0.2) is 53.0 Å². The first-order chi connectivity index (χ1) is 12.8. The highest BCUT2D eigenvalue weighted by Crippen LogP contribution is 2.15. The minimum Gasteiger partial charge on any atom is -0.376 e. The summed E-state index contributed by atoms with van der Waals surface area (Å²) in [6.45, 7) is 2.94. The molecule has 26 heavy (non-hydrogen) atoms. The van der Waals surface area contributed by atoms with Crippen LogP contribution in [0.25, 0.3) is 0 Å². The second kappa shape index (κ2) is 10.8. The molecular formula is C22H27BrO3. The van der Waals surface area contributed by atoms with Gasteiger partial charge in [-0.15, -0.1) is 0 Å². The number of benzene rings is 2. The van der Waals surface area contributed by atoms with Crippen LogP contribution >= 0.6 is 15.9 Å². The predicted octanol–water partition coefficient (Wildman–Crippen LogP) is 5.29. The minimum atomic E-state index is 0.00501. The maximum Gasteiger partial charge on any atom is 0.157 e. The Morgan fingerprint density at radius 2 is 1.69 bits per heavy atom. The summed E-state index contributed by atoms with van der Waals surface area (Å²) in [6, 6.07) is 17.0. The number of halogens is 1. The lowest BCUT2D eigenvalue weighted by molar-refractivity contribution is -0.161. The molecule has 3 rings (SSSR count). The third kappa shape index (κ3) is 6.84. The van der Waals surface area contributed by atoms with E-state index in [0.29, 0.717) is 6.61 Å². The van der Waals surface area contributed by atoms with Crippen LogP contribution in [0.3, 0.4) is 0 Å². The van der Waals surface area contributed by atoms with E-state index in [2.05, 4.69) is 52.3 Å². The van der Waals surface area contributed by atoms with Gasteiger partial charge >= 0.3 is 0 Å². The molecule has 3 nitrogen and oxygen atoms in total. The van der Waals surface area contributed by atoms with E-state index >= 15 is 0 Å². The van der Waals surface area contributed by atoms with Crippen LogP contribution in [0.2, 0.25) is 0 Å². The normalized spacial score (nSPS) is 17.3. The molecular weight excluding hydrogens is 392 g/mol. The molecule has 1 fully saturated rings. The van der Waals surface area contributed by atoms with Gasteiger partial charge in [0.25, 0.3) is 0 Å². The smallest absolute Gasteiger partial charge is 0.157 e. The number of hydrogen-bond donors (Lipinski definition) is 0. The Balaban J connectivity index is 1.32. The molecule has 1 aliphatic rings. The van der Waals surface area contributed by atoms with Crippen molar-refractivity contribution < 1.29 is 14.2 Å². The van der Waals surface area contributed by atoms with Crippen LogP contribution in [0, 0.1) is 0 Å². The molecule has 1 atom stereocenters. The van der Waals surface area contributed by atoms with Crippen molar-refractivity contribution in [1.29, 1.82) is 0 Å². The summed E-state index contributed by atoms with van der Waals surface area (Å²) in [5.74, 6) is 0. The first kappa shape index (κ1) is 19.6. The van der Waals surface area contributed by atoms with Crippen molar-refractivity contribution in [1.82, 2.24) is 0 Å². The van der Waals surface area contributed by atoms with Gasteiger partial charge in [-0.3, -0.25) is 0 Å². The minimum absolute atomic E-state index is 0.00501. The van der Waals surface area contributed by atoms with Crippen molar-refractivity contribution in [2.75, 3.05) is 19.8 Å². The van der Waals surface area contributed by atoms with Gasteiger partial charge in [-0.25, -0.2) is 0 Å². The second-order valence-electron chi connectivity index (χ2n) is 6.67. The first-order valence-corrected chi connectivity index (χ1v) is 10.2. The SMILES string of the molecule is Brc1cccc(COCCc2ccc(CCOC3CCCCO3)cc2)c1. The summed E-state index contributed by atoms with van der Waals surface area (Å²) in [6.07, 6.45) is 5.26. The standard InChI is InChI=1S/C22H27BrO3/c23-21-5-3-4-20(16-21)17-24-14-11-18-7-9-19(10-8-18)12-15-26-22-6-1-2-13-25-22/h3-5,7-10,16,22H,1-2,6,11-15,17H2.